The van der Waals surface area contributed by atoms with Crippen molar-refractivity contribution in [3.63, 3.8) is 0 Å². The molecule has 0 aromatic heterocycles. The Morgan fingerprint density at radius 2 is 1.53 bits per heavy atom. The number of carbonyl (C=O) groups is 2. The van der Waals surface area contributed by atoms with Gasteiger partial charge in [0.15, 0.2) is 5.78 Å². The Bertz CT molecular complexity index is 648. The van der Waals surface area contributed by atoms with Crippen LogP contribution >= 0.6 is 34.8 Å². The summed E-state index contributed by atoms with van der Waals surface area (Å²) in [5.74, 6) is -0.369. The highest BCUT2D eigenvalue weighted by molar-refractivity contribution is 6.68. The van der Waals surface area contributed by atoms with Crippen molar-refractivity contribution in [1.82, 2.24) is 0 Å². The van der Waals surface area contributed by atoms with Crippen molar-refractivity contribution < 1.29 is 9.59 Å². The summed E-state index contributed by atoms with van der Waals surface area (Å²) in [6, 6.07) is 10.9. The van der Waals surface area contributed by atoms with E-state index in [1.54, 1.807) is 30.3 Å². The molecule has 0 heterocycles. The third kappa shape index (κ3) is 2.98. The summed E-state index contributed by atoms with van der Waals surface area (Å²) in [5, 5.41) is -0.0179. The molecule has 0 aliphatic rings. The van der Waals surface area contributed by atoms with Crippen molar-refractivity contribution in [3.8, 4) is 0 Å². The molecule has 0 N–H and O–H groups in total. The zero-order valence-electron chi connectivity index (χ0n) is 9.49. The van der Waals surface area contributed by atoms with Gasteiger partial charge in [0.05, 0.1) is 10.6 Å². The molecule has 2 nitrogen and oxygen atoms in total. The molecule has 0 saturated carbocycles. The molecule has 0 saturated heterocycles. The molecule has 0 fully saturated rings. The molecule has 0 amide bonds. The Kier molecular flexibility index (Phi) is 4.25. The normalized spacial score (nSPS) is 10.3. The molecule has 0 aliphatic heterocycles. The zero-order valence-corrected chi connectivity index (χ0v) is 11.8. The second-order valence-corrected chi connectivity index (χ2v) is 4.96. The molecule has 96 valence electrons. The van der Waals surface area contributed by atoms with Gasteiger partial charge in [0.25, 0.3) is 5.24 Å². The first-order chi connectivity index (χ1) is 9.00. The van der Waals surface area contributed by atoms with Crippen molar-refractivity contribution in [2.24, 2.45) is 0 Å². The van der Waals surface area contributed by atoms with Crippen LogP contribution in [-0.2, 0) is 0 Å². The molecule has 5 heteroatoms. The maximum atomic E-state index is 12.4. The molecule has 0 radical (unpaired) electrons. The lowest BCUT2D eigenvalue weighted by molar-refractivity contribution is 0.102. The number of ketones is 1. The quantitative estimate of drug-likeness (QED) is 0.613. The summed E-state index contributed by atoms with van der Waals surface area (Å²) in [7, 11) is 0. The summed E-state index contributed by atoms with van der Waals surface area (Å²) in [4.78, 5) is 23.7. The summed E-state index contributed by atoms with van der Waals surface area (Å²) in [6.07, 6.45) is 0. The number of carbonyl (C=O) groups excluding carboxylic acids is 2. The van der Waals surface area contributed by atoms with Crippen molar-refractivity contribution in [2.75, 3.05) is 0 Å². The van der Waals surface area contributed by atoms with E-state index < -0.39 is 5.24 Å². The van der Waals surface area contributed by atoms with E-state index in [1.807, 2.05) is 0 Å². The second kappa shape index (κ2) is 5.74. The predicted octanol–water partition coefficient (Wildman–Crippen LogP) is 4.60. The number of benzene rings is 2. The van der Waals surface area contributed by atoms with Gasteiger partial charge in [-0.15, -0.1) is 0 Å². The molecule has 2 aromatic rings. The van der Waals surface area contributed by atoms with Crippen LogP contribution in [0.1, 0.15) is 26.3 Å². The van der Waals surface area contributed by atoms with Crippen molar-refractivity contribution in [2.45, 2.75) is 0 Å². The lowest BCUT2D eigenvalue weighted by Gasteiger charge is -2.07. The molecule has 0 bridgehead atoms. The Morgan fingerprint density at radius 3 is 2.11 bits per heavy atom. The highest BCUT2D eigenvalue weighted by atomic mass is 35.5. The number of rotatable bonds is 3. The first-order valence-electron chi connectivity index (χ1n) is 5.29. The van der Waals surface area contributed by atoms with Gasteiger partial charge < -0.3 is 0 Å². The van der Waals surface area contributed by atoms with E-state index in [-0.39, 0.29) is 21.9 Å². The molecule has 0 aliphatic carbocycles. The number of halogens is 3. The molecule has 19 heavy (non-hydrogen) atoms. The molecule has 0 spiro atoms. The summed E-state index contributed by atoms with van der Waals surface area (Å²) in [5.41, 5.74) is 0.581. The fraction of sp³-hybridized carbons (Fsp3) is 0. The van der Waals surface area contributed by atoms with Gasteiger partial charge in [0.1, 0.15) is 0 Å². The Labute approximate surface area is 124 Å². The largest absolute Gasteiger partial charge is 0.289 e. The van der Waals surface area contributed by atoms with Crippen LogP contribution in [0.25, 0.3) is 0 Å². The monoisotopic (exact) mass is 312 g/mol. The number of hydrogen-bond acceptors (Lipinski definition) is 2. The van der Waals surface area contributed by atoms with E-state index >= 15 is 0 Å². The number of hydrogen-bond donors (Lipinski definition) is 0. The Morgan fingerprint density at radius 1 is 0.895 bits per heavy atom. The highest BCUT2D eigenvalue weighted by Gasteiger charge is 2.20. The lowest BCUT2D eigenvalue weighted by Crippen LogP contribution is -2.08. The maximum Gasteiger partial charge on any atom is 0.253 e. The first kappa shape index (κ1) is 14.1. The van der Waals surface area contributed by atoms with Gasteiger partial charge in [-0.1, -0.05) is 29.3 Å². The van der Waals surface area contributed by atoms with Crippen molar-refractivity contribution >= 4 is 45.8 Å². The van der Waals surface area contributed by atoms with Gasteiger partial charge in [-0.25, -0.2) is 0 Å². The van der Waals surface area contributed by atoms with E-state index in [1.165, 1.54) is 12.1 Å². The average Bonchev–Trinajstić information content (AvgIpc) is 2.38. The standard InChI is InChI=1S/C14H7Cl3O2/c15-9-6-4-8(5-7-9)13(18)12-10(14(17)19)2-1-3-11(12)16/h1-7H. The fourth-order valence-electron chi connectivity index (χ4n) is 1.66. The van der Waals surface area contributed by atoms with Gasteiger partial charge in [0.2, 0.25) is 0 Å². The second-order valence-electron chi connectivity index (χ2n) is 3.77. The highest BCUT2D eigenvalue weighted by Crippen LogP contribution is 2.25. The van der Waals surface area contributed by atoms with Gasteiger partial charge in [-0.05, 0) is 48.0 Å². The third-order valence-corrected chi connectivity index (χ3v) is 3.33. The molecule has 2 aromatic carbocycles. The van der Waals surface area contributed by atoms with Crippen LogP contribution in [0.15, 0.2) is 42.5 Å². The van der Waals surface area contributed by atoms with Crippen molar-refractivity contribution in [3.05, 3.63) is 69.2 Å². The van der Waals surface area contributed by atoms with Gasteiger partial charge in [-0.3, -0.25) is 9.59 Å². The first-order valence-corrected chi connectivity index (χ1v) is 6.42. The van der Waals surface area contributed by atoms with Crippen LogP contribution in [0.3, 0.4) is 0 Å². The molecule has 2 rings (SSSR count). The van der Waals surface area contributed by atoms with Crippen LogP contribution in [0.2, 0.25) is 10.0 Å². The average molecular weight is 314 g/mol. The van der Waals surface area contributed by atoms with Gasteiger partial charge >= 0.3 is 0 Å². The topological polar surface area (TPSA) is 34.1 Å². The van der Waals surface area contributed by atoms with E-state index in [9.17, 15) is 9.59 Å². The van der Waals surface area contributed by atoms with E-state index in [0.29, 0.717) is 10.6 Å². The fourth-order valence-corrected chi connectivity index (χ4v) is 2.21. The minimum atomic E-state index is -0.722. The molecular weight excluding hydrogens is 307 g/mol. The third-order valence-electron chi connectivity index (χ3n) is 2.56. The van der Waals surface area contributed by atoms with Crippen LogP contribution in [0.5, 0.6) is 0 Å². The van der Waals surface area contributed by atoms with E-state index in [2.05, 4.69) is 0 Å². The molecular formula is C14H7Cl3O2. The van der Waals surface area contributed by atoms with Crippen LogP contribution < -0.4 is 0 Å². The summed E-state index contributed by atoms with van der Waals surface area (Å²) >= 11 is 17.2. The van der Waals surface area contributed by atoms with Crippen molar-refractivity contribution in [1.29, 1.82) is 0 Å². The molecule has 0 atom stereocenters. The summed E-state index contributed by atoms with van der Waals surface area (Å²) < 4.78 is 0. The lowest BCUT2D eigenvalue weighted by atomic mass is 9.99. The molecule has 0 unspecified atom stereocenters. The van der Waals surface area contributed by atoms with Gasteiger partial charge in [0, 0.05) is 16.1 Å². The van der Waals surface area contributed by atoms with E-state index in [0.717, 1.165) is 0 Å². The minimum absolute atomic E-state index is 0.0918. The Hall–Kier alpha value is -1.35. The zero-order chi connectivity index (χ0) is 14.0. The Balaban J connectivity index is 2.55. The van der Waals surface area contributed by atoms with Crippen LogP contribution in [0.4, 0.5) is 0 Å². The van der Waals surface area contributed by atoms with Gasteiger partial charge in [-0.2, -0.15) is 0 Å². The maximum absolute atomic E-state index is 12.4. The smallest absolute Gasteiger partial charge is 0.253 e. The van der Waals surface area contributed by atoms with Crippen LogP contribution in [0, 0.1) is 0 Å². The SMILES string of the molecule is O=C(Cl)c1cccc(Cl)c1C(=O)c1ccc(Cl)cc1. The minimum Gasteiger partial charge on any atom is -0.289 e. The summed E-state index contributed by atoms with van der Waals surface area (Å²) in [6.45, 7) is 0. The van der Waals surface area contributed by atoms with E-state index in [4.69, 9.17) is 34.8 Å². The van der Waals surface area contributed by atoms with Crippen LogP contribution in [-0.4, -0.2) is 11.0 Å². The predicted molar refractivity (Wildman–Crippen MR) is 76.5 cm³/mol.